The van der Waals surface area contributed by atoms with Gasteiger partial charge in [-0.05, 0) is 42.5 Å². The SMILES string of the molecule is CCN(CC)S(=O)(=O)c1cccc(NC(=O)CSc2nccn2-c2ccc(OC)cc2)c1. The summed E-state index contributed by atoms with van der Waals surface area (Å²) in [6.45, 7) is 4.35. The highest BCUT2D eigenvalue weighted by molar-refractivity contribution is 7.99. The van der Waals surface area contributed by atoms with Crippen molar-refractivity contribution in [3.05, 3.63) is 60.9 Å². The zero-order chi connectivity index (χ0) is 23.1. The zero-order valence-corrected chi connectivity index (χ0v) is 19.8. The molecule has 10 heteroatoms. The quantitative estimate of drug-likeness (QED) is 0.451. The lowest BCUT2D eigenvalue weighted by atomic mass is 10.3. The second-order valence-corrected chi connectivity index (χ2v) is 9.61. The fourth-order valence-corrected chi connectivity index (χ4v) is 5.39. The van der Waals surface area contributed by atoms with E-state index in [0.717, 1.165) is 11.4 Å². The van der Waals surface area contributed by atoms with E-state index >= 15 is 0 Å². The lowest BCUT2D eigenvalue weighted by molar-refractivity contribution is -0.113. The van der Waals surface area contributed by atoms with Gasteiger partial charge in [-0.15, -0.1) is 0 Å². The third-order valence-electron chi connectivity index (χ3n) is 4.75. The number of ether oxygens (including phenoxy) is 1. The molecule has 0 saturated heterocycles. The van der Waals surface area contributed by atoms with Gasteiger partial charge in [-0.25, -0.2) is 13.4 Å². The molecule has 3 rings (SSSR count). The first kappa shape index (κ1) is 23.8. The van der Waals surface area contributed by atoms with Crippen molar-refractivity contribution in [2.45, 2.75) is 23.9 Å². The first-order valence-corrected chi connectivity index (χ1v) is 12.5. The lowest BCUT2D eigenvalue weighted by Crippen LogP contribution is -2.30. The Morgan fingerprint density at radius 1 is 1.16 bits per heavy atom. The van der Waals surface area contributed by atoms with Crippen molar-refractivity contribution in [1.82, 2.24) is 13.9 Å². The number of thioether (sulfide) groups is 1. The van der Waals surface area contributed by atoms with Crippen LogP contribution in [0.3, 0.4) is 0 Å². The van der Waals surface area contributed by atoms with Crippen LogP contribution in [0.1, 0.15) is 13.8 Å². The number of rotatable bonds is 10. The minimum atomic E-state index is -3.59. The summed E-state index contributed by atoms with van der Waals surface area (Å²) >= 11 is 1.29. The van der Waals surface area contributed by atoms with Crippen LogP contribution in [-0.4, -0.2) is 54.1 Å². The van der Waals surface area contributed by atoms with Crippen LogP contribution in [0.5, 0.6) is 5.75 Å². The predicted molar refractivity (Wildman–Crippen MR) is 126 cm³/mol. The minimum Gasteiger partial charge on any atom is -0.497 e. The number of methoxy groups -OCH3 is 1. The highest BCUT2D eigenvalue weighted by Crippen LogP contribution is 2.23. The van der Waals surface area contributed by atoms with E-state index in [-0.39, 0.29) is 16.6 Å². The number of aromatic nitrogens is 2. The molecule has 1 amide bonds. The number of hydrogen-bond donors (Lipinski definition) is 1. The first-order chi connectivity index (χ1) is 15.4. The highest BCUT2D eigenvalue weighted by Gasteiger charge is 2.22. The van der Waals surface area contributed by atoms with Gasteiger partial charge in [0, 0.05) is 36.9 Å². The third kappa shape index (κ3) is 5.50. The Morgan fingerprint density at radius 3 is 2.53 bits per heavy atom. The molecule has 0 unspecified atom stereocenters. The Labute approximate surface area is 192 Å². The standard InChI is InChI=1S/C22H26N4O4S2/c1-4-25(5-2)32(28,29)20-8-6-7-17(15-20)24-21(27)16-31-22-23-13-14-26(22)18-9-11-19(30-3)12-10-18/h6-15H,4-5,16H2,1-3H3,(H,24,27). The average Bonchev–Trinajstić information content (AvgIpc) is 3.27. The molecule has 0 fully saturated rings. The molecular weight excluding hydrogens is 448 g/mol. The van der Waals surface area contributed by atoms with Crippen LogP contribution < -0.4 is 10.1 Å². The second kappa shape index (κ2) is 10.7. The maximum Gasteiger partial charge on any atom is 0.243 e. The van der Waals surface area contributed by atoms with Gasteiger partial charge in [0.15, 0.2) is 5.16 Å². The topological polar surface area (TPSA) is 93.5 Å². The fraction of sp³-hybridized carbons (Fsp3) is 0.273. The summed E-state index contributed by atoms with van der Waals surface area (Å²) in [6.07, 6.45) is 3.50. The summed E-state index contributed by atoms with van der Waals surface area (Å²) in [7, 11) is -1.98. The number of anilines is 1. The van der Waals surface area contributed by atoms with Crippen LogP contribution in [0, 0.1) is 0 Å². The molecule has 0 spiro atoms. The van der Waals surface area contributed by atoms with Crippen LogP contribution in [0.2, 0.25) is 0 Å². The van der Waals surface area contributed by atoms with Crippen molar-refractivity contribution in [2.24, 2.45) is 0 Å². The van der Waals surface area contributed by atoms with E-state index in [1.54, 1.807) is 39.3 Å². The summed E-state index contributed by atoms with van der Waals surface area (Å²) in [6, 6.07) is 13.8. The van der Waals surface area contributed by atoms with Crippen LogP contribution in [0.25, 0.3) is 5.69 Å². The Morgan fingerprint density at radius 2 is 1.88 bits per heavy atom. The van der Waals surface area contributed by atoms with E-state index in [2.05, 4.69) is 10.3 Å². The van der Waals surface area contributed by atoms with E-state index < -0.39 is 10.0 Å². The molecule has 0 aliphatic rings. The van der Waals surface area contributed by atoms with Gasteiger partial charge < -0.3 is 10.1 Å². The van der Waals surface area contributed by atoms with Crippen molar-refractivity contribution in [2.75, 3.05) is 31.3 Å². The molecule has 0 aliphatic carbocycles. The van der Waals surface area contributed by atoms with Crippen molar-refractivity contribution < 1.29 is 17.9 Å². The normalized spacial score (nSPS) is 11.5. The number of benzene rings is 2. The smallest absolute Gasteiger partial charge is 0.243 e. The molecule has 2 aromatic carbocycles. The molecule has 0 bridgehead atoms. The molecule has 0 atom stereocenters. The van der Waals surface area contributed by atoms with Crippen molar-refractivity contribution in [3.63, 3.8) is 0 Å². The number of hydrogen-bond acceptors (Lipinski definition) is 6. The Hall–Kier alpha value is -2.82. The summed E-state index contributed by atoms with van der Waals surface area (Å²) in [5.74, 6) is 0.629. The minimum absolute atomic E-state index is 0.125. The van der Waals surface area contributed by atoms with E-state index in [1.165, 1.54) is 28.2 Å². The molecule has 0 radical (unpaired) electrons. The van der Waals surface area contributed by atoms with Crippen LogP contribution in [-0.2, 0) is 14.8 Å². The highest BCUT2D eigenvalue weighted by atomic mass is 32.2. The molecule has 1 aromatic heterocycles. The second-order valence-electron chi connectivity index (χ2n) is 6.73. The summed E-state index contributed by atoms with van der Waals surface area (Å²) < 4.78 is 33.9. The molecule has 1 heterocycles. The van der Waals surface area contributed by atoms with Gasteiger partial charge in [-0.3, -0.25) is 9.36 Å². The maximum absolute atomic E-state index is 12.7. The Bertz CT molecular complexity index is 1160. The lowest BCUT2D eigenvalue weighted by Gasteiger charge is -2.18. The number of nitrogens with one attached hydrogen (secondary N) is 1. The van der Waals surface area contributed by atoms with E-state index in [1.807, 2.05) is 35.0 Å². The predicted octanol–water partition coefficient (Wildman–Crippen LogP) is 3.64. The molecule has 8 nitrogen and oxygen atoms in total. The number of amides is 1. The number of nitrogens with zero attached hydrogens (tertiary/aromatic N) is 3. The number of carbonyl (C=O) groups excluding carboxylic acids is 1. The summed E-state index contributed by atoms with van der Waals surface area (Å²) in [4.78, 5) is 17.0. The fourth-order valence-electron chi connectivity index (χ4n) is 3.11. The van der Waals surface area contributed by atoms with Gasteiger partial charge in [0.2, 0.25) is 15.9 Å². The van der Waals surface area contributed by atoms with Crippen LogP contribution in [0.4, 0.5) is 5.69 Å². The average molecular weight is 475 g/mol. The van der Waals surface area contributed by atoms with Crippen molar-refractivity contribution in [1.29, 1.82) is 0 Å². The van der Waals surface area contributed by atoms with Gasteiger partial charge in [-0.1, -0.05) is 31.7 Å². The third-order valence-corrected chi connectivity index (χ3v) is 7.76. The number of carbonyl (C=O) groups is 1. The summed E-state index contributed by atoms with van der Waals surface area (Å²) in [5.41, 5.74) is 1.34. The van der Waals surface area contributed by atoms with E-state index in [4.69, 9.17) is 4.74 Å². The maximum atomic E-state index is 12.7. The molecule has 1 N–H and O–H groups in total. The zero-order valence-electron chi connectivity index (χ0n) is 18.2. The van der Waals surface area contributed by atoms with Crippen molar-refractivity contribution in [3.8, 4) is 11.4 Å². The monoisotopic (exact) mass is 474 g/mol. The molecule has 0 aliphatic heterocycles. The van der Waals surface area contributed by atoms with E-state index in [0.29, 0.717) is 23.9 Å². The van der Waals surface area contributed by atoms with E-state index in [9.17, 15) is 13.2 Å². The van der Waals surface area contributed by atoms with Crippen molar-refractivity contribution >= 4 is 33.4 Å². The number of sulfonamides is 1. The molecule has 32 heavy (non-hydrogen) atoms. The molecule has 3 aromatic rings. The first-order valence-electron chi connectivity index (χ1n) is 10.1. The van der Waals surface area contributed by atoms with Gasteiger partial charge in [0.1, 0.15) is 5.75 Å². The Balaban J connectivity index is 1.66. The summed E-state index contributed by atoms with van der Waals surface area (Å²) in [5, 5.41) is 3.44. The largest absolute Gasteiger partial charge is 0.497 e. The van der Waals surface area contributed by atoms with Crippen LogP contribution >= 0.6 is 11.8 Å². The number of imidazole rings is 1. The van der Waals surface area contributed by atoms with Gasteiger partial charge >= 0.3 is 0 Å². The Kier molecular flexibility index (Phi) is 7.94. The van der Waals surface area contributed by atoms with Gasteiger partial charge in [0.05, 0.1) is 17.8 Å². The van der Waals surface area contributed by atoms with Crippen LogP contribution in [0.15, 0.2) is 71.0 Å². The molecule has 170 valence electrons. The molecular formula is C22H26N4O4S2. The molecule has 0 saturated carbocycles. The van der Waals surface area contributed by atoms with Gasteiger partial charge in [-0.2, -0.15) is 4.31 Å². The van der Waals surface area contributed by atoms with Gasteiger partial charge in [0.25, 0.3) is 0 Å².